The Morgan fingerprint density at radius 3 is 2.24 bits per heavy atom. The summed E-state index contributed by atoms with van der Waals surface area (Å²) in [6, 6.07) is 12.9. The molecule has 0 unspecified atom stereocenters. The van der Waals surface area contributed by atoms with Gasteiger partial charge in [-0.15, -0.1) is 0 Å². The average molecular weight is 341 g/mol. The maximum Gasteiger partial charge on any atom is 0.228 e. The van der Waals surface area contributed by atoms with Crippen LogP contribution in [0.4, 0.5) is 0 Å². The molecule has 2 atom stereocenters. The number of benzene rings is 2. The number of carbonyl (C=O) groups excluding carboxylic acids is 1. The lowest BCUT2D eigenvalue weighted by Gasteiger charge is -2.18. The van der Waals surface area contributed by atoms with E-state index in [0.717, 1.165) is 11.1 Å². The summed E-state index contributed by atoms with van der Waals surface area (Å²) in [6.07, 6.45) is 0. The van der Waals surface area contributed by atoms with Crippen molar-refractivity contribution in [2.24, 2.45) is 0 Å². The molecule has 5 heteroatoms. The summed E-state index contributed by atoms with van der Waals surface area (Å²) in [6.45, 7) is 0.587. The number of halogens is 3. The van der Waals surface area contributed by atoms with E-state index in [1.165, 1.54) is 0 Å². The van der Waals surface area contributed by atoms with Gasteiger partial charge in [0.2, 0.25) is 5.91 Å². The second-order valence-corrected chi connectivity index (χ2v) is 6.31. The van der Waals surface area contributed by atoms with Gasteiger partial charge >= 0.3 is 0 Å². The van der Waals surface area contributed by atoms with Crippen LogP contribution in [0.5, 0.6) is 0 Å². The molecule has 1 aliphatic heterocycles. The van der Waals surface area contributed by atoms with Crippen LogP contribution in [0.3, 0.4) is 0 Å². The van der Waals surface area contributed by atoms with Crippen LogP contribution in [0.2, 0.25) is 15.1 Å². The molecule has 0 saturated carbocycles. The third-order valence-electron chi connectivity index (χ3n) is 3.78. The van der Waals surface area contributed by atoms with Gasteiger partial charge in [0.05, 0.1) is 16.0 Å². The molecule has 1 amide bonds. The molecule has 21 heavy (non-hydrogen) atoms. The topological polar surface area (TPSA) is 29.1 Å². The number of carbonyl (C=O) groups is 1. The molecule has 0 radical (unpaired) electrons. The largest absolute Gasteiger partial charge is 0.355 e. The van der Waals surface area contributed by atoms with E-state index in [4.69, 9.17) is 34.8 Å². The quantitative estimate of drug-likeness (QED) is 0.847. The second-order valence-electron chi connectivity index (χ2n) is 5.05. The third kappa shape index (κ3) is 2.89. The third-order valence-corrected chi connectivity index (χ3v) is 4.77. The van der Waals surface area contributed by atoms with E-state index >= 15 is 0 Å². The standard InChI is InChI=1S/C16H12Cl3NO/c17-11-4-1-9(2-5-11)15-12(8-20-16(15)21)10-3-6-13(18)14(19)7-10/h1-7,12,15H,8H2,(H,20,21)/t12-,15-/m0/s1. The fourth-order valence-electron chi connectivity index (χ4n) is 2.73. The summed E-state index contributed by atoms with van der Waals surface area (Å²) in [5.74, 6) is -0.179. The Hall–Kier alpha value is -1.22. The summed E-state index contributed by atoms with van der Waals surface area (Å²) in [5, 5.41) is 4.59. The molecule has 1 heterocycles. The molecule has 1 N–H and O–H groups in total. The highest BCUT2D eigenvalue weighted by Gasteiger charge is 2.36. The molecule has 108 valence electrons. The number of hydrogen-bond acceptors (Lipinski definition) is 1. The molecule has 1 fully saturated rings. The van der Waals surface area contributed by atoms with Crippen LogP contribution in [0.1, 0.15) is 23.0 Å². The normalized spacial score (nSPS) is 21.4. The zero-order chi connectivity index (χ0) is 15.0. The summed E-state index contributed by atoms with van der Waals surface area (Å²) in [5.41, 5.74) is 1.95. The van der Waals surface area contributed by atoms with E-state index < -0.39 is 0 Å². The minimum absolute atomic E-state index is 0.0217. The Bertz CT molecular complexity index is 684. The highest BCUT2D eigenvalue weighted by Crippen LogP contribution is 2.38. The van der Waals surface area contributed by atoms with Crippen molar-refractivity contribution < 1.29 is 4.79 Å². The van der Waals surface area contributed by atoms with Crippen molar-refractivity contribution >= 4 is 40.7 Å². The van der Waals surface area contributed by atoms with Gasteiger partial charge in [-0.3, -0.25) is 4.79 Å². The fourth-order valence-corrected chi connectivity index (χ4v) is 3.16. The van der Waals surface area contributed by atoms with Crippen LogP contribution in [0.15, 0.2) is 42.5 Å². The molecule has 0 bridgehead atoms. The first-order chi connectivity index (χ1) is 10.1. The smallest absolute Gasteiger partial charge is 0.228 e. The number of amides is 1. The van der Waals surface area contributed by atoms with Crippen molar-refractivity contribution in [3.63, 3.8) is 0 Å². The molecule has 2 aromatic rings. The van der Waals surface area contributed by atoms with Crippen molar-refractivity contribution in [2.75, 3.05) is 6.54 Å². The molecule has 2 nitrogen and oxygen atoms in total. The first-order valence-corrected chi connectivity index (χ1v) is 7.68. The van der Waals surface area contributed by atoms with Crippen LogP contribution in [0.25, 0.3) is 0 Å². The van der Waals surface area contributed by atoms with E-state index in [2.05, 4.69) is 5.32 Å². The van der Waals surface area contributed by atoms with E-state index in [9.17, 15) is 4.79 Å². The molecule has 0 aromatic heterocycles. The summed E-state index contributed by atoms with van der Waals surface area (Å²) < 4.78 is 0. The predicted molar refractivity (Wildman–Crippen MR) is 86.4 cm³/mol. The minimum Gasteiger partial charge on any atom is -0.355 e. The van der Waals surface area contributed by atoms with Crippen molar-refractivity contribution in [1.82, 2.24) is 5.32 Å². The lowest BCUT2D eigenvalue weighted by Crippen LogP contribution is -2.18. The Labute approximate surface area is 138 Å². The predicted octanol–water partition coefficient (Wildman–Crippen LogP) is 4.64. The highest BCUT2D eigenvalue weighted by molar-refractivity contribution is 6.42. The Kier molecular flexibility index (Phi) is 4.12. The van der Waals surface area contributed by atoms with Gasteiger partial charge in [0.1, 0.15) is 0 Å². The zero-order valence-electron chi connectivity index (χ0n) is 10.9. The Morgan fingerprint density at radius 2 is 1.57 bits per heavy atom. The van der Waals surface area contributed by atoms with Gasteiger partial charge < -0.3 is 5.32 Å². The number of nitrogens with one attached hydrogen (secondary N) is 1. The molecule has 1 saturated heterocycles. The summed E-state index contributed by atoms with van der Waals surface area (Å²) in [7, 11) is 0. The molecule has 3 rings (SSSR count). The highest BCUT2D eigenvalue weighted by atomic mass is 35.5. The first-order valence-electron chi connectivity index (χ1n) is 6.54. The lowest BCUT2D eigenvalue weighted by atomic mass is 9.84. The van der Waals surface area contributed by atoms with Gasteiger partial charge in [0.25, 0.3) is 0 Å². The monoisotopic (exact) mass is 339 g/mol. The van der Waals surface area contributed by atoms with Gasteiger partial charge in [-0.1, -0.05) is 53.0 Å². The number of hydrogen-bond donors (Lipinski definition) is 1. The minimum atomic E-state index is -0.237. The van der Waals surface area contributed by atoms with Crippen molar-refractivity contribution in [1.29, 1.82) is 0 Å². The SMILES string of the molecule is O=C1NC[C@@H](c2ccc(Cl)c(Cl)c2)[C@@H]1c1ccc(Cl)cc1. The van der Waals surface area contributed by atoms with Gasteiger partial charge in [0, 0.05) is 17.5 Å². The molecule has 2 aromatic carbocycles. The van der Waals surface area contributed by atoms with Gasteiger partial charge in [-0.05, 0) is 35.4 Å². The van der Waals surface area contributed by atoms with E-state index in [1.807, 2.05) is 24.3 Å². The Morgan fingerprint density at radius 1 is 0.905 bits per heavy atom. The van der Waals surface area contributed by atoms with Crippen LogP contribution in [0, 0.1) is 0 Å². The molecule has 1 aliphatic rings. The first kappa shape index (κ1) is 14.7. The van der Waals surface area contributed by atoms with Crippen LogP contribution >= 0.6 is 34.8 Å². The fraction of sp³-hybridized carbons (Fsp3) is 0.188. The van der Waals surface area contributed by atoms with Crippen molar-refractivity contribution in [3.05, 3.63) is 68.7 Å². The molecule has 0 aliphatic carbocycles. The van der Waals surface area contributed by atoms with Crippen LogP contribution in [-0.4, -0.2) is 12.5 Å². The second kappa shape index (κ2) is 5.88. The average Bonchev–Trinajstić information content (AvgIpc) is 2.85. The molecular formula is C16H12Cl3NO. The van der Waals surface area contributed by atoms with Crippen molar-refractivity contribution in [3.8, 4) is 0 Å². The van der Waals surface area contributed by atoms with Crippen molar-refractivity contribution in [2.45, 2.75) is 11.8 Å². The van der Waals surface area contributed by atoms with E-state index in [0.29, 0.717) is 21.6 Å². The van der Waals surface area contributed by atoms with Crippen LogP contribution < -0.4 is 5.32 Å². The Balaban J connectivity index is 1.99. The van der Waals surface area contributed by atoms with Crippen LogP contribution in [-0.2, 0) is 4.79 Å². The number of rotatable bonds is 2. The lowest BCUT2D eigenvalue weighted by molar-refractivity contribution is -0.120. The van der Waals surface area contributed by atoms with Gasteiger partial charge in [-0.2, -0.15) is 0 Å². The van der Waals surface area contributed by atoms with E-state index in [1.54, 1.807) is 18.2 Å². The summed E-state index contributed by atoms with van der Waals surface area (Å²) >= 11 is 18.0. The zero-order valence-corrected chi connectivity index (χ0v) is 13.2. The maximum atomic E-state index is 12.2. The molecular weight excluding hydrogens is 329 g/mol. The van der Waals surface area contributed by atoms with Gasteiger partial charge in [0.15, 0.2) is 0 Å². The van der Waals surface area contributed by atoms with Gasteiger partial charge in [-0.25, -0.2) is 0 Å². The maximum absolute atomic E-state index is 12.2. The summed E-state index contributed by atoms with van der Waals surface area (Å²) in [4.78, 5) is 12.2. The van der Waals surface area contributed by atoms with E-state index in [-0.39, 0.29) is 17.7 Å². The molecule has 0 spiro atoms.